The lowest BCUT2D eigenvalue weighted by atomic mass is 9.96. The molecule has 0 aliphatic carbocycles. The van der Waals surface area contributed by atoms with E-state index in [-0.39, 0.29) is 23.7 Å². The zero-order chi connectivity index (χ0) is 20.1. The van der Waals surface area contributed by atoms with Crippen molar-refractivity contribution in [2.45, 2.75) is 26.7 Å². The monoisotopic (exact) mass is 383 g/mol. The Bertz CT molecular complexity index is 850. The van der Waals surface area contributed by atoms with Gasteiger partial charge in [-0.15, -0.1) is 0 Å². The molecule has 148 valence electrons. The van der Waals surface area contributed by atoms with Crippen molar-refractivity contribution in [1.82, 2.24) is 20.3 Å². The van der Waals surface area contributed by atoms with Gasteiger partial charge in [0.05, 0.1) is 13.0 Å². The van der Waals surface area contributed by atoms with E-state index in [2.05, 4.69) is 20.8 Å². The van der Waals surface area contributed by atoms with Crippen molar-refractivity contribution in [2.75, 3.05) is 25.6 Å². The number of ether oxygens (including phenoxy) is 1. The predicted octanol–water partition coefficient (Wildman–Crippen LogP) is 2.10. The molecule has 1 atom stereocenters. The van der Waals surface area contributed by atoms with E-state index in [9.17, 15) is 9.59 Å². The van der Waals surface area contributed by atoms with Crippen LogP contribution in [0, 0.1) is 19.8 Å². The number of amides is 2. The highest BCUT2D eigenvalue weighted by atomic mass is 16.5. The number of aryl methyl sites for hydroxylation is 2. The fourth-order valence-corrected chi connectivity index (χ4v) is 3.39. The summed E-state index contributed by atoms with van der Waals surface area (Å²) in [4.78, 5) is 35.3. The number of hydrogen-bond donors (Lipinski definition) is 2. The lowest BCUT2D eigenvalue weighted by molar-refractivity contribution is -0.125. The minimum Gasteiger partial charge on any atom is -0.481 e. The molecular weight excluding hydrogens is 358 g/mol. The molecule has 28 heavy (non-hydrogen) atoms. The van der Waals surface area contributed by atoms with Gasteiger partial charge in [-0.05, 0) is 38.8 Å². The quantitative estimate of drug-likeness (QED) is 0.768. The number of nitrogens with zero attached hydrogens (tertiary/aromatic N) is 3. The number of aromatic nitrogens is 2. The van der Waals surface area contributed by atoms with Crippen LogP contribution < -0.4 is 15.6 Å². The molecule has 0 spiro atoms. The third-order valence-electron chi connectivity index (χ3n) is 4.68. The molecule has 3 rings (SSSR count). The number of hydrazine groups is 1. The van der Waals surface area contributed by atoms with Crippen LogP contribution in [-0.2, 0) is 4.79 Å². The van der Waals surface area contributed by atoms with E-state index in [1.807, 2.05) is 32.0 Å². The van der Waals surface area contributed by atoms with Gasteiger partial charge in [-0.2, -0.15) is 4.98 Å². The van der Waals surface area contributed by atoms with Crippen molar-refractivity contribution in [3.05, 3.63) is 47.2 Å². The second-order valence-corrected chi connectivity index (χ2v) is 7.00. The Morgan fingerprint density at radius 2 is 1.96 bits per heavy atom. The fraction of sp³-hybridized carbons (Fsp3) is 0.400. The highest BCUT2D eigenvalue weighted by Crippen LogP contribution is 2.20. The second-order valence-electron chi connectivity index (χ2n) is 7.00. The molecule has 1 saturated heterocycles. The molecular formula is C20H25N5O3. The number of benzene rings is 1. The van der Waals surface area contributed by atoms with Gasteiger partial charge in [0.15, 0.2) is 0 Å². The van der Waals surface area contributed by atoms with E-state index >= 15 is 0 Å². The summed E-state index contributed by atoms with van der Waals surface area (Å²) in [7, 11) is 1.51. The highest BCUT2D eigenvalue weighted by molar-refractivity contribution is 5.95. The molecule has 1 aromatic heterocycles. The summed E-state index contributed by atoms with van der Waals surface area (Å²) < 4.78 is 5.03. The van der Waals surface area contributed by atoms with Gasteiger partial charge in [-0.25, -0.2) is 4.98 Å². The van der Waals surface area contributed by atoms with Gasteiger partial charge < -0.3 is 9.64 Å². The first-order chi connectivity index (χ1) is 13.5. The fourth-order valence-electron chi connectivity index (χ4n) is 3.39. The molecule has 0 unspecified atom stereocenters. The SMILES string of the molecule is COc1ccnc(NNC(=O)[C@@H]2CCCN(C(=O)c3cc(C)cc(C)c3)C2)n1. The Balaban J connectivity index is 1.60. The molecule has 1 aliphatic rings. The van der Waals surface area contributed by atoms with Crippen molar-refractivity contribution in [3.63, 3.8) is 0 Å². The largest absolute Gasteiger partial charge is 0.481 e. The number of likely N-dealkylation sites (tertiary alicyclic amines) is 1. The lowest BCUT2D eigenvalue weighted by Crippen LogP contribution is -2.46. The minimum absolute atomic E-state index is 0.0339. The molecule has 2 amide bonds. The zero-order valence-corrected chi connectivity index (χ0v) is 16.4. The van der Waals surface area contributed by atoms with Gasteiger partial charge in [-0.1, -0.05) is 17.2 Å². The van der Waals surface area contributed by atoms with E-state index in [4.69, 9.17) is 4.74 Å². The first kappa shape index (κ1) is 19.6. The van der Waals surface area contributed by atoms with Crippen LogP contribution in [0.1, 0.15) is 34.3 Å². The summed E-state index contributed by atoms with van der Waals surface area (Å²) >= 11 is 0. The number of anilines is 1. The second kappa shape index (κ2) is 8.69. The van der Waals surface area contributed by atoms with Gasteiger partial charge in [0.1, 0.15) is 0 Å². The van der Waals surface area contributed by atoms with Crippen molar-refractivity contribution in [3.8, 4) is 5.88 Å². The third kappa shape index (κ3) is 4.76. The molecule has 1 aromatic carbocycles. The van der Waals surface area contributed by atoms with Crippen LogP contribution in [-0.4, -0.2) is 46.9 Å². The number of methoxy groups -OCH3 is 1. The first-order valence-electron chi connectivity index (χ1n) is 9.26. The maximum Gasteiger partial charge on any atom is 0.253 e. The Hall–Kier alpha value is -3.16. The molecule has 8 nitrogen and oxygen atoms in total. The van der Waals surface area contributed by atoms with Crippen molar-refractivity contribution in [2.24, 2.45) is 5.92 Å². The molecule has 2 heterocycles. The Morgan fingerprint density at radius 3 is 2.68 bits per heavy atom. The van der Waals surface area contributed by atoms with Gasteiger partial charge in [0.2, 0.25) is 17.7 Å². The highest BCUT2D eigenvalue weighted by Gasteiger charge is 2.29. The van der Waals surface area contributed by atoms with E-state index in [1.54, 1.807) is 11.0 Å². The zero-order valence-electron chi connectivity index (χ0n) is 16.4. The maximum absolute atomic E-state index is 12.9. The van der Waals surface area contributed by atoms with Crippen LogP contribution >= 0.6 is 0 Å². The normalized spacial score (nSPS) is 16.4. The third-order valence-corrected chi connectivity index (χ3v) is 4.68. The summed E-state index contributed by atoms with van der Waals surface area (Å²) in [5, 5.41) is 0. The van der Waals surface area contributed by atoms with Gasteiger partial charge in [-0.3, -0.25) is 20.4 Å². The summed E-state index contributed by atoms with van der Waals surface area (Å²) in [6.07, 6.45) is 3.04. The molecule has 0 saturated carbocycles. The number of rotatable bonds is 5. The Labute approximate surface area is 164 Å². The molecule has 2 aromatic rings. The number of piperidine rings is 1. The molecule has 0 radical (unpaired) electrons. The Morgan fingerprint density at radius 1 is 1.21 bits per heavy atom. The van der Waals surface area contributed by atoms with Crippen LogP contribution in [0.2, 0.25) is 0 Å². The van der Waals surface area contributed by atoms with Gasteiger partial charge >= 0.3 is 0 Å². The topological polar surface area (TPSA) is 96.5 Å². The summed E-state index contributed by atoms with van der Waals surface area (Å²) in [5.41, 5.74) is 8.11. The molecule has 0 bridgehead atoms. The molecule has 8 heteroatoms. The Kier molecular flexibility index (Phi) is 6.08. The van der Waals surface area contributed by atoms with Crippen molar-refractivity contribution in [1.29, 1.82) is 0 Å². The summed E-state index contributed by atoms with van der Waals surface area (Å²) in [6.45, 7) is 4.99. The average Bonchev–Trinajstić information content (AvgIpc) is 2.71. The number of carbonyl (C=O) groups is 2. The number of carbonyl (C=O) groups excluding carboxylic acids is 2. The smallest absolute Gasteiger partial charge is 0.253 e. The van der Waals surface area contributed by atoms with Crippen LogP contribution in [0.4, 0.5) is 5.95 Å². The van der Waals surface area contributed by atoms with Crippen LogP contribution in [0.15, 0.2) is 30.5 Å². The number of nitrogens with one attached hydrogen (secondary N) is 2. The lowest BCUT2D eigenvalue weighted by Gasteiger charge is -2.32. The van der Waals surface area contributed by atoms with Crippen LogP contribution in [0.25, 0.3) is 0 Å². The van der Waals surface area contributed by atoms with E-state index < -0.39 is 0 Å². The molecule has 1 aliphatic heterocycles. The first-order valence-corrected chi connectivity index (χ1v) is 9.26. The van der Waals surface area contributed by atoms with E-state index in [0.717, 1.165) is 24.0 Å². The predicted molar refractivity (Wildman–Crippen MR) is 105 cm³/mol. The van der Waals surface area contributed by atoms with Crippen LogP contribution in [0.5, 0.6) is 5.88 Å². The summed E-state index contributed by atoms with van der Waals surface area (Å²) in [5.74, 6) is 0.126. The summed E-state index contributed by atoms with van der Waals surface area (Å²) in [6, 6.07) is 7.43. The van der Waals surface area contributed by atoms with E-state index in [0.29, 0.717) is 24.5 Å². The van der Waals surface area contributed by atoms with Crippen molar-refractivity contribution >= 4 is 17.8 Å². The maximum atomic E-state index is 12.9. The van der Waals surface area contributed by atoms with Crippen molar-refractivity contribution < 1.29 is 14.3 Å². The molecule has 1 fully saturated rings. The van der Waals surface area contributed by atoms with Crippen LogP contribution in [0.3, 0.4) is 0 Å². The van der Waals surface area contributed by atoms with E-state index in [1.165, 1.54) is 13.3 Å². The molecule has 2 N–H and O–H groups in total. The minimum atomic E-state index is -0.290. The standard InChI is InChI=1S/C20H25N5O3/c1-13-9-14(2)11-16(10-13)19(27)25-8-4-5-15(12-25)18(26)23-24-20-21-7-6-17(22-20)28-3/h6-7,9-11,15H,4-5,8,12H2,1-3H3,(H,23,26)(H,21,22,24)/t15-/m1/s1. The van der Waals surface area contributed by atoms with Gasteiger partial charge in [0, 0.05) is 30.9 Å². The van der Waals surface area contributed by atoms with Gasteiger partial charge in [0.25, 0.3) is 5.91 Å². The number of hydrogen-bond acceptors (Lipinski definition) is 6. The average molecular weight is 383 g/mol.